The molecular weight excluding hydrogens is 238 g/mol. The van der Waals surface area contributed by atoms with Gasteiger partial charge >= 0.3 is 5.97 Å². The van der Waals surface area contributed by atoms with Crippen LogP contribution in [0.2, 0.25) is 0 Å². The molecule has 1 aliphatic heterocycles. The van der Waals surface area contributed by atoms with E-state index >= 15 is 0 Å². The third kappa shape index (κ3) is 3.80. The van der Waals surface area contributed by atoms with Crippen LogP contribution in [0.3, 0.4) is 0 Å². The third-order valence-corrected chi connectivity index (χ3v) is 3.77. The highest BCUT2D eigenvalue weighted by Gasteiger charge is 2.34. The van der Waals surface area contributed by atoms with E-state index in [-0.39, 0.29) is 0 Å². The second-order valence-corrected chi connectivity index (χ2v) is 5.97. The maximum Gasteiger partial charge on any atom is 0.303 e. The Morgan fingerprint density at radius 1 is 1.32 bits per heavy atom. The molecular formula is C16H23NO2. The van der Waals surface area contributed by atoms with Crippen LogP contribution in [0.1, 0.15) is 38.3 Å². The first-order chi connectivity index (χ1) is 9.06. The smallest absolute Gasteiger partial charge is 0.303 e. The number of aliphatic carboxylic acids is 1. The lowest BCUT2D eigenvalue weighted by Crippen LogP contribution is -2.49. The van der Waals surface area contributed by atoms with Crippen molar-refractivity contribution in [2.24, 2.45) is 11.8 Å². The van der Waals surface area contributed by atoms with Crippen molar-refractivity contribution in [1.29, 1.82) is 0 Å². The van der Waals surface area contributed by atoms with Gasteiger partial charge in [0.05, 0.1) is 6.42 Å². The fourth-order valence-corrected chi connectivity index (χ4v) is 2.86. The lowest BCUT2D eigenvalue weighted by molar-refractivity contribution is -0.140. The standard InChI is InChI=1S/C16H23NO2/c1-12(2)8-15(14-6-4-3-5-7-14)17-10-13(11-17)9-16(18)19/h3-7,12-13,15H,8-11H2,1-2H3,(H,18,19). The van der Waals surface area contributed by atoms with Gasteiger partial charge in [0.2, 0.25) is 0 Å². The number of carbonyl (C=O) groups is 1. The number of nitrogens with zero attached hydrogens (tertiary/aromatic N) is 1. The molecule has 1 fully saturated rings. The molecule has 1 heterocycles. The molecule has 0 aromatic heterocycles. The molecule has 2 rings (SSSR count). The molecule has 1 N–H and O–H groups in total. The fraction of sp³-hybridized carbons (Fsp3) is 0.562. The molecule has 0 aliphatic carbocycles. The molecule has 104 valence electrons. The molecule has 3 nitrogen and oxygen atoms in total. The van der Waals surface area contributed by atoms with E-state index in [2.05, 4.69) is 43.0 Å². The van der Waals surface area contributed by atoms with Crippen molar-refractivity contribution >= 4 is 5.97 Å². The average Bonchev–Trinajstić information content (AvgIpc) is 2.31. The minimum atomic E-state index is -0.676. The molecule has 1 aliphatic rings. The summed E-state index contributed by atoms with van der Waals surface area (Å²) in [4.78, 5) is 13.1. The van der Waals surface area contributed by atoms with Crippen molar-refractivity contribution in [3.63, 3.8) is 0 Å². The molecule has 0 amide bonds. The normalized spacial score (nSPS) is 18.3. The molecule has 0 radical (unpaired) electrons. The highest BCUT2D eigenvalue weighted by molar-refractivity contribution is 5.67. The number of hydrogen-bond acceptors (Lipinski definition) is 2. The summed E-state index contributed by atoms with van der Waals surface area (Å²) < 4.78 is 0. The van der Waals surface area contributed by atoms with Crippen molar-refractivity contribution < 1.29 is 9.90 Å². The highest BCUT2D eigenvalue weighted by atomic mass is 16.4. The van der Waals surface area contributed by atoms with Crippen LogP contribution in [0.4, 0.5) is 0 Å². The van der Waals surface area contributed by atoms with E-state index in [9.17, 15) is 4.79 Å². The van der Waals surface area contributed by atoms with E-state index in [0.717, 1.165) is 19.5 Å². The Morgan fingerprint density at radius 3 is 2.47 bits per heavy atom. The van der Waals surface area contributed by atoms with Gasteiger partial charge in [0.15, 0.2) is 0 Å². The van der Waals surface area contributed by atoms with Crippen LogP contribution in [0, 0.1) is 11.8 Å². The summed E-state index contributed by atoms with van der Waals surface area (Å²) in [6.45, 7) is 6.31. The Bertz CT molecular complexity index is 410. The van der Waals surface area contributed by atoms with Crippen molar-refractivity contribution in [2.75, 3.05) is 13.1 Å². The van der Waals surface area contributed by atoms with Crippen LogP contribution in [0.25, 0.3) is 0 Å². The summed E-state index contributed by atoms with van der Waals surface area (Å²) in [5.74, 6) is 0.296. The maximum atomic E-state index is 10.7. The van der Waals surface area contributed by atoms with Gasteiger partial charge in [0.1, 0.15) is 0 Å². The van der Waals surface area contributed by atoms with Gasteiger partial charge in [0, 0.05) is 19.1 Å². The maximum absolute atomic E-state index is 10.7. The van der Waals surface area contributed by atoms with Gasteiger partial charge in [-0.3, -0.25) is 9.69 Å². The van der Waals surface area contributed by atoms with Gasteiger partial charge < -0.3 is 5.11 Å². The summed E-state index contributed by atoms with van der Waals surface area (Å²) in [5.41, 5.74) is 1.35. The molecule has 1 saturated heterocycles. The Balaban J connectivity index is 1.99. The molecule has 0 spiro atoms. The van der Waals surface area contributed by atoms with Gasteiger partial charge in [-0.25, -0.2) is 0 Å². The van der Waals surface area contributed by atoms with E-state index in [1.807, 2.05) is 6.07 Å². The van der Waals surface area contributed by atoms with Gasteiger partial charge in [-0.05, 0) is 23.8 Å². The van der Waals surface area contributed by atoms with Crippen LogP contribution in [0.5, 0.6) is 0 Å². The highest BCUT2D eigenvalue weighted by Crippen LogP contribution is 2.34. The first-order valence-corrected chi connectivity index (χ1v) is 7.07. The topological polar surface area (TPSA) is 40.5 Å². The summed E-state index contributed by atoms with van der Waals surface area (Å²) in [7, 11) is 0. The first kappa shape index (κ1) is 14.1. The number of rotatable bonds is 6. The number of hydrogen-bond donors (Lipinski definition) is 1. The van der Waals surface area contributed by atoms with E-state index in [1.54, 1.807) is 0 Å². The lowest BCUT2D eigenvalue weighted by atomic mass is 9.88. The molecule has 3 heteroatoms. The van der Waals surface area contributed by atoms with E-state index in [4.69, 9.17) is 5.11 Å². The second kappa shape index (κ2) is 6.20. The van der Waals surface area contributed by atoms with Crippen LogP contribution < -0.4 is 0 Å². The van der Waals surface area contributed by atoms with Crippen LogP contribution in [-0.4, -0.2) is 29.1 Å². The Labute approximate surface area is 115 Å². The molecule has 0 saturated carbocycles. The van der Waals surface area contributed by atoms with Gasteiger partial charge in [0.25, 0.3) is 0 Å². The summed E-state index contributed by atoms with van der Waals surface area (Å²) in [6.07, 6.45) is 1.43. The number of carboxylic acid groups (broad SMARTS) is 1. The number of likely N-dealkylation sites (tertiary alicyclic amines) is 1. The monoisotopic (exact) mass is 261 g/mol. The second-order valence-electron chi connectivity index (χ2n) is 5.97. The summed E-state index contributed by atoms with van der Waals surface area (Å²) in [5, 5.41) is 8.82. The van der Waals surface area contributed by atoms with Crippen LogP contribution in [-0.2, 0) is 4.79 Å². The quantitative estimate of drug-likeness (QED) is 0.855. The first-order valence-electron chi connectivity index (χ1n) is 7.07. The van der Waals surface area contributed by atoms with Crippen molar-refractivity contribution in [1.82, 2.24) is 4.90 Å². The Kier molecular flexibility index (Phi) is 4.59. The predicted octanol–water partition coefficient (Wildman–Crippen LogP) is 3.18. The zero-order valence-electron chi connectivity index (χ0n) is 11.7. The third-order valence-electron chi connectivity index (χ3n) is 3.77. The van der Waals surface area contributed by atoms with Crippen molar-refractivity contribution in [3.05, 3.63) is 35.9 Å². The summed E-state index contributed by atoms with van der Waals surface area (Å²) >= 11 is 0. The minimum Gasteiger partial charge on any atom is -0.481 e. The van der Waals surface area contributed by atoms with Gasteiger partial charge in [-0.2, -0.15) is 0 Å². The van der Waals surface area contributed by atoms with Crippen LogP contribution >= 0.6 is 0 Å². The summed E-state index contributed by atoms with van der Waals surface area (Å²) in [6, 6.07) is 11.0. The Morgan fingerprint density at radius 2 is 1.95 bits per heavy atom. The molecule has 19 heavy (non-hydrogen) atoms. The van der Waals surface area contributed by atoms with Crippen LogP contribution in [0.15, 0.2) is 30.3 Å². The van der Waals surface area contributed by atoms with Gasteiger partial charge in [-0.1, -0.05) is 44.2 Å². The fourth-order valence-electron chi connectivity index (χ4n) is 2.86. The molecule has 0 bridgehead atoms. The molecule has 1 unspecified atom stereocenters. The molecule has 1 aromatic rings. The minimum absolute atomic E-state index is 0.305. The zero-order chi connectivity index (χ0) is 13.8. The molecule has 1 aromatic carbocycles. The SMILES string of the molecule is CC(C)CC(c1ccccc1)N1CC(CC(=O)O)C1. The Hall–Kier alpha value is -1.35. The number of carboxylic acids is 1. The molecule has 1 atom stereocenters. The van der Waals surface area contributed by atoms with E-state index in [0.29, 0.717) is 24.3 Å². The predicted molar refractivity (Wildman–Crippen MR) is 76.0 cm³/mol. The van der Waals surface area contributed by atoms with Crippen molar-refractivity contribution in [3.8, 4) is 0 Å². The zero-order valence-corrected chi connectivity index (χ0v) is 11.7. The van der Waals surface area contributed by atoms with E-state index in [1.165, 1.54) is 5.56 Å². The largest absolute Gasteiger partial charge is 0.481 e. The van der Waals surface area contributed by atoms with E-state index < -0.39 is 5.97 Å². The number of benzene rings is 1. The lowest BCUT2D eigenvalue weighted by Gasteiger charge is -2.44. The van der Waals surface area contributed by atoms with Crippen molar-refractivity contribution in [2.45, 2.75) is 32.7 Å². The van der Waals surface area contributed by atoms with Gasteiger partial charge in [-0.15, -0.1) is 0 Å². The average molecular weight is 261 g/mol.